The fourth-order valence-corrected chi connectivity index (χ4v) is 2.49. The monoisotopic (exact) mass is 281 g/mol. The zero-order valence-electron chi connectivity index (χ0n) is 11.9. The van der Waals surface area contributed by atoms with Crippen molar-refractivity contribution in [3.05, 3.63) is 28.3 Å². The summed E-state index contributed by atoms with van der Waals surface area (Å²) in [7, 11) is 3.85. The Labute approximate surface area is 118 Å². The average molecular weight is 282 g/mol. The van der Waals surface area contributed by atoms with Gasteiger partial charge in [-0.05, 0) is 12.8 Å². The van der Waals surface area contributed by atoms with Crippen molar-refractivity contribution in [3.63, 3.8) is 0 Å². The van der Waals surface area contributed by atoms with Gasteiger partial charge in [0.15, 0.2) is 0 Å². The predicted molar refractivity (Wildman–Crippen MR) is 77.5 cm³/mol. The van der Waals surface area contributed by atoms with Gasteiger partial charge in [-0.2, -0.15) is 10.2 Å². The summed E-state index contributed by atoms with van der Waals surface area (Å²) in [6, 6.07) is 0. The van der Waals surface area contributed by atoms with E-state index in [0.29, 0.717) is 6.54 Å². The third kappa shape index (κ3) is 2.76. The Bertz CT molecular complexity index is 570. The summed E-state index contributed by atoms with van der Waals surface area (Å²) in [6.07, 6.45) is 3.74. The van der Waals surface area contributed by atoms with Gasteiger partial charge < -0.3 is 5.32 Å². The normalized spacial score (nSPS) is 11.0. The highest BCUT2D eigenvalue weighted by Crippen LogP contribution is 2.22. The van der Waals surface area contributed by atoms with E-state index in [-0.39, 0.29) is 0 Å². The quantitative estimate of drug-likeness (QED) is 0.916. The van der Waals surface area contributed by atoms with E-state index in [9.17, 15) is 0 Å². The van der Waals surface area contributed by atoms with Crippen molar-refractivity contribution in [2.45, 2.75) is 33.2 Å². The van der Waals surface area contributed by atoms with Crippen LogP contribution in [0.3, 0.4) is 0 Å². The predicted octanol–water partition coefficient (Wildman–Crippen LogP) is 2.54. The third-order valence-electron chi connectivity index (χ3n) is 3.19. The van der Waals surface area contributed by atoms with Gasteiger partial charge in [0.1, 0.15) is 0 Å². The molecule has 5 nitrogen and oxygen atoms in total. The molecule has 0 aromatic carbocycles. The van der Waals surface area contributed by atoms with Crippen LogP contribution in [0.1, 0.15) is 30.9 Å². The topological polar surface area (TPSA) is 47.7 Å². The Balaban J connectivity index is 2.16. The lowest BCUT2D eigenvalue weighted by Gasteiger charge is -2.06. The molecule has 104 valence electrons. The van der Waals surface area contributed by atoms with Gasteiger partial charge in [-0.3, -0.25) is 9.36 Å². The van der Waals surface area contributed by atoms with Crippen LogP contribution in [-0.2, 0) is 33.5 Å². The van der Waals surface area contributed by atoms with E-state index >= 15 is 0 Å². The molecular formula is C13H20ClN5. The van der Waals surface area contributed by atoms with E-state index in [1.165, 1.54) is 0 Å². The second-order valence-electron chi connectivity index (χ2n) is 4.55. The van der Waals surface area contributed by atoms with Gasteiger partial charge in [0.2, 0.25) is 0 Å². The Kier molecular flexibility index (Phi) is 4.14. The molecule has 0 aliphatic heterocycles. The molecule has 19 heavy (non-hydrogen) atoms. The van der Waals surface area contributed by atoms with Crippen molar-refractivity contribution in [2.75, 3.05) is 5.32 Å². The van der Waals surface area contributed by atoms with Crippen LogP contribution in [0, 0.1) is 0 Å². The SMILES string of the molecule is CCc1nn(C)cc1NCc1c(Cl)c(CC)nn1C. The number of rotatable bonds is 5. The number of hydrogen-bond donors (Lipinski definition) is 1. The first-order valence-electron chi connectivity index (χ1n) is 6.53. The molecule has 0 saturated carbocycles. The molecule has 0 aliphatic carbocycles. The Morgan fingerprint density at radius 3 is 2.42 bits per heavy atom. The second kappa shape index (κ2) is 5.65. The molecule has 0 bridgehead atoms. The van der Waals surface area contributed by atoms with Crippen LogP contribution < -0.4 is 5.32 Å². The second-order valence-corrected chi connectivity index (χ2v) is 4.93. The van der Waals surface area contributed by atoms with Crippen molar-refractivity contribution >= 4 is 17.3 Å². The first-order chi connectivity index (χ1) is 9.06. The molecule has 0 amide bonds. The fourth-order valence-electron chi connectivity index (χ4n) is 2.13. The molecule has 6 heteroatoms. The maximum absolute atomic E-state index is 6.33. The van der Waals surface area contributed by atoms with Crippen molar-refractivity contribution in [3.8, 4) is 0 Å². The molecule has 0 unspecified atom stereocenters. The first-order valence-corrected chi connectivity index (χ1v) is 6.91. The maximum Gasteiger partial charge on any atom is 0.0868 e. The minimum absolute atomic E-state index is 0.654. The van der Waals surface area contributed by atoms with Crippen LogP contribution in [0.15, 0.2) is 6.20 Å². The minimum Gasteiger partial charge on any atom is -0.377 e. The molecule has 0 fully saturated rings. The largest absolute Gasteiger partial charge is 0.377 e. The molecule has 0 saturated heterocycles. The molecule has 2 rings (SSSR count). The highest BCUT2D eigenvalue weighted by Gasteiger charge is 2.13. The molecule has 0 radical (unpaired) electrons. The average Bonchev–Trinajstić information content (AvgIpc) is 2.88. The maximum atomic E-state index is 6.33. The summed E-state index contributed by atoms with van der Waals surface area (Å²) in [5.74, 6) is 0. The number of aromatic nitrogens is 4. The summed E-state index contributed by atoms with van der Waals surface area (Å²) in [6.45, 7) is 4.81. The molecule has 0 aliphatic rings. The third-order valence-corrected chi connectivity index (χ3v) is 3.63. The summed E-state index contributed by atoms with van der Waals surface area (Å²) < 4.78 is 3.67. The van der Waals surface area contributed by atoms with Crippen LogP contribution >= 0.6 is 11.6 Å². The van der Waals surface area contributed by atoms with E-state index in [4.69, 9.17) is 11.6 Å². The standard InChI is InChI=1S/C13H20ClN5/c1-5-9-11(8-18(3)16-9)15-7-12-13(14)10(6-2)17-19(12)4/h8,15H,5-7H2,1-4H3. The molecule has 2 aromatic heterocycles. The zero-order chi connectivity index (χ0) is 14.0. The van der Waals surface area contributed by atoms with Gasteiger partial charge in [-0.25, -0.2) is 0 Å². The molecule has 2 heterocycles. The van der Waals surface area contributed by atoms with Crippen LogP contribution in [0.25, 0.3) is 0 Å². The van der Waals surface area contributed by atoms with Crippen molar-refractivity contribution < 1.29 is 0 Å². The summed E-state index contributed by atoms with van der Waals surface area (Å²) in [4.78, 5) is 0. The number of halogens is 1. The number of hydrogen-bond acceptors (Lipinski definition) is 3. The molecular weight excluding hydrogens is 262 g/mol. The van der Waals surface area contributed by atoms with Gasteiger partial charge in [0.05, 0.1) is 34.3 Å². The Morgan fingerprint density at radius 1 is 1.16 bits per heavy atom. The molecule has 1 N–H and O–H groups in total. The number of nitrogens with zero attached hydrogens (tertiary/aromatic N) is 4. The highest BCUT2D eigenvalue weighted by molar-refractivity contribution is 6.31. The smallest absolute Gasteiger partial charge is 0.0868 e. The van der Waals surface area contributed by atoms with Crippen molar-refractivity contribution in [1.82, 2.24) is 19.6 Å². The van der Waals surface area contributed by atoms with Gasteiger partial charge in [0, 0.05) is 20.3 Å². The van der Waals surface area contributed by atoms with Gasteiger partial charge in [-0.1, -0.05) is 25.4 Å². The van der Waals surface area contributed by atoms with Crippen LogP contribution in [0.2, 0.25) is 5.02 Å². The van der Waals surface area contributed by atoms with E-state index in [2.05, 4.69) is 29.4 Å². The van der Waals surface area contributed by atoms with Crippen molar-refractivity contribution in [2.24, 2.45) is 14.1 Å². The molecule has 0 spiro atoms. The van der Waals surface area contributed by atoms with E-state index < -0.39 is 0 Å². The van der Waals surface area contributed by atoms with Crippen molar-refractivity contribution in [1.29, 1.82) is 0 Å². The van der Waals surface area contributed by atoms with E-state index in [1.54, 1.807) is 0 Å². The summed E-state index contributed by atoms with van der Waals surface area (Å²) in [5, 5.41) is 13.0. The molecule has 2 aromatic rings. The van der Waals surface area contributed by atoms with E-state index in [0.717, 1.165) is 40.6 Å². The minimum atomic E-state index is 0.654. The summed E-state index contributed by atoms with van der Waals surface area (Å²) in [5.41, 5.74) is 4.07. The summed E-state index contributed by atoms with van der Waals surface area (Å²) >= 11 is 6.33. The Morgan fingerprint density at radius 2 is 1.84 bits per heavy atom. The lowest BCUT2D eigenvalue weighted by Crippen LogP contribution is -2.06. The van der Waals surface area contributed by atoms with Gasteiger partial charge in [0.25, 0.3) is 0 Å². The zero-order valence-corrected chi connectivity index (χ0v) is 12.6. The number of anilines is 1. The molecule has 0 atom stereocenters. The number of nitrogens with one attached hydrogen (secondary N) is 1. The number of aryl methyl sites for hydroxylation is 4. The first kappa shape index (κ1) is 13.9. The van der Waals surface area contributed by atoms with E-state index in [1.807, 2.05) is 29.7 Å². The van der Waals surface area contributed by atoms with Gasteiger partial charge in [-0.15, -0.1) is 0 Å². The Hall–Kier alpha value is -1.49. The van der Waals surface area contributed by atoms with Gasteiger partial charge >= 0.3 is 0 Å². The highest BCUT2D eigenvalue weighted by atomic mass is 35.5. The van der Waals surface area contributed by atoms with Crippen LogP contribution in [0.5, 0.6) is 0 Å². The lowest BCUT2D eigenvalue weighted by molar-refractivity contribution is 0.706. The fraction of sp³-hybridized carbons (Fsp3) is 0.538. The van der Waals surface area contributed by atoms with Crippen LogP contribution in [-0.4, -0.2) is 19.6 Å². The van der Waals surface area contributed by atoms with Crippen LogP contribution in [0.4, 0.5) is 5.69 Å². The lowest BCUT2D eigenvalue weighted by atomic mass is 10.2.